The summed E-state index contributed by atoms with van der Waals surface area (Å²) in [7, 11) is -3.65. The first-order valence-electron chi connectivity index (χ1n) is 6.75. The largest absolute Gasteiger partial charge is 0.492 e. The highest BCUT2D eigenvalue weighted by Gasteiger charge is 2.19. The molecule has 0 saturated carbocycles. The van der Waals surface area contributed by atoms with Gasteiger partial charge < -0.3 is 4.74 Å². The minimum Gasteiger partial charge on any atom is -0.492 e. The van der Waals surface area contributed by atoms with Gasteiger partial charge in [-0.1, -0.05) is 11.6 Å². The molecule has 1 heterocycles. The quantitative estimate of drug-likeness (QED) is 0.877. The Labute approximate surface area is 135 Å². The van der Waals surface area contributed by atoms with Crippen molar-refractivity contribution in [3.63, 3.8) is 0 Å². The summed E-state index contributed by atoms with van der Waals surface area (Å²) >= 11 is 6.08. The Morgan fingerprint density at radius 1 is 1.27 bits per heavy atom. The predicted molar refractivity (Wildman–Crippen MR) is 85.6 cm³/mol. The van der Waals surface area contributed by atoms with E-state index in [0.717, 1.165) is 5.56 Å². The van der Waals surface area contributed by atoms with E-state index in [1.165, 1.54) is 6.07 Å². The number of pyridine rings is 1. The highest BCUT2D eigenvalue weighted by molar-refractivity contribution is 7.89. The maximum absolute atomic E-state index is 12.4. The maximum atomic E-state index is 12.4. The zero-order valence-corrected chi connectivity index (χ0v) is 13.9. The lowest BCUT2D eigenvalue weighted by molar-refractivity contribution is 0.340. The number of halogens is 1. The van der Waals surface area contributed by atoms with Gasteiger partial charge in [-0.25, -0.2) is 13.1 Å². The highest BCUT2D eigenvalue weighted by Crippen LogP contribution is 2.30. The van der Waals surface area contributed by atoms with Crippen LogP contribution in [0.2, 0.25) is 5.02 Å². The average molecular weight is 341 g/mol. The van der Waals surface area contributed by atoms with E-state index in [-0.39, 0.29) is 16.5 Å². The van der Waals surface area contributed by atoms with Crippen LogP contribution in [0.4, 0.5) is 0 Å². The van der Waals surface area contributed by atoms with Gasteiger partial charge in [-0.15, -0.1) is 0 Å². The highest BCUT2D eigenvalue weighted by atomic mass is 35.5. The number of nitrogens with one attached hydrogen (secondary N) is 1. The van der Waals surface area contributed by atoms with Crippen LogP contribution in [0.3, 0.4) is 0 Å². The topological polar surface area (TPSA) is 68.3 Å². The fourth-order valence-electron chi connectivity index (χ4n) is 1.95. The first-order chi connectivity index (χ1) is 10.4. The Kier molecular flexibility index (Phi) is 5.39. The number of ether oxygens (including phenoxy) is 1. The van der Waals surface area contributed by atoms with Crippen molar-refractivity contribution in [3.05, 3.63) is 52.8 Å². The first kappa shape index (κ1) is 16.7. The van der Waals surface area contributed by atoms with E-state index in [0.29, 0.717) is 17.9 Å². The summed E-state index contributed by atoms with van der Waals surface area (Å²) in [6, 6.07) is 6.55. The molecule has 5 nitrogen and oxygen atoms in total. The maximum Gasteiger partial charge on any atom is 0.241 e. The molecule has 22 heavy (non-hydrogen) atoms. The SMILES string of the molecule is CCOc1cc(C)c(S(=O)(=O)NCc2ccncc2)cc1Cl. The molecule has 2 aromatic rings. The molecule has 2 rings (SSSR count). The molecule has 118 valence electrons. The van der Waals surface area contributed by atoms with Gasteiger partial charge in [-0.05, 0) is 49.2 Å². The number of sulfonamides is 1. The van der Waals surface area contributed by atoms with Crippen LogP contribution in [0.1, 0.15) is 18.1 Å². The van der Waals surface area contributed by atoms with Crippen molar-refractivity contribution in [3.8, 4) is 5.75 Å². The normalized spacial score (nSPS) is 11.4. The zero-order chi connectivity index (χ0) is 16.2. The third kappa shape index (κ3) is 3.97. The Balaban J connectivity index is 2.24. The smallest absolute Gasteiger partial charge is 0.241 e. The molecule has 0 unspecified atom stereocenters. The lowest BCUT2D eigenvalue weighted by Crippen LogP contribution is -2.24. The van der Waals surface area contributed by atoms with E-state index in [9.17, 15) is 8.42 Å². The van der Waals surface area contributed by atoms with Gasteiger partial charge in [-0.3, -0.25) is 4.98 Å². The van der Waals surface area contributed by atoms with Crippen molar-refractivity contribution in [1.29, 1.82) is 0 Å². The molecule has 0 aliphatic carbocycles. The second-order valence-electron chi connectivity index (χ2n) is 4.66. The number of benzene rings is 1. The van der Waals surface area contributed by atoms with E-state index >= 15 is 0 Å². The van der Waals surface area contributed by atoms with E-state index in [1.54, 1.807) is 37.5 Å². The van der Waals surface area contributed by atoms with Crippen LogP contribution in [-0.2, 0) is 16.6 Å². The summed E-state index contributed by atoms with van der Waals surface area (Å²) in [6.07, 6.45) is 3.23. The number of hydrogen-bond donors (Lipinski definition) is 1. The monoisotopic (exact) mass is 340 g/mol. The number of aryl methyl sites for hydroxylation is 1. The van der Waals surface area contributed by atoms with Crippen molar-refractivity contribution in [2.75, 3.05) is 6.61 Å². The van der Waals surface area contributed by atoms with Gasteiger partial charge in [0.1, 0.15) is 5.75 Å². The van der Waals surface area contributed by atoms with Crippen molar-refractivity contribution >= 4 is 21.6 Å². The van der Waals surface area contributed by atoms with Gasteiger partial charge in [0.15, 0.2) is 0 Å². The van der Waals surface area contributed by atoms with Crippen molar-refractivity contribution < 1.29 is 13.2 Å². The molecule has 0 aliphatic rings. The fourth-order valence-corrected chi connectivity index (χ4v) is 3.50. The summed E-state index contributed by atoms with van der Waals surface area (Å²) < 4.78 is 32.8. The summed E-state index contributed by atoms with van der Waals surface area (Å²) in [4.78, 5) is 4.04. The predicted octanol–water partition coefficient (Wildman–Crippen LogP) is 2.92. The molecule has 1 aromatic heterocycles. The molecule has 0 atom stereocenters. The minimum absolute atomic E-state index is 0.148. The van der Waals surface area contributed by atoms with E-state index in [1.807, 2.05) is 6.92 Å². The molecule has 1 N–H and O–H groups in total. The summed E-state index contributed by atoms with van der Waals surface area (Å²) in [5.41, 5.74) is 1.41. The number of nitrogens with zero attached hydrogens (tertiary/aromatic N) is 1. The van der Waals surface area contributed by atoms with Gasteiger partial charge in [-0.2, -0.15) is 0 Å². The standard InChI is InChI=1S/C15H17ClN2O3S/c1-3-21-14-8-11(2)15(9-13(14)16)22(19,20)18-10-12-4-6-17-7-5-12/h4-9,18H,3,10H2,1-2H3. The van der Waals surface area contributed by atoms with Gasteiger partial charge in [0, 0.05) is 18.9 Å². The summed E-state index contributed by atoms with van der Waals surface area (Å²) in [5, 5.41) is 0.275. The Hall–Kier alpha value is -1.63. The number of aromatic nitrogens is 1. The van der Waals surface area contributed by atoms with Crippen LogP contribution < -0.4 is 9.46 Å². The van der Waals surface area contributed by atoms with E-state index in [4.69, 9.17) is 16.3 Å². The molecule has 0 fully saturated rings. The lowest BCUT2D eigenvalue weighted by atomic mass is 10.2. The number of rotatable bonds is 6. The second-order valence-corrected chi connectivity index (χ2v) is 6.80. The van der Waals surface area contributed by atoms with Gasteiger partial charge in [0.2, 0.25) is 10.0 Å². The first-order valence-corrected chi connectivity index (χ1v) is 8.61. The van der Waals surface area contributed by atoms with Crippen LogP contribution in [0.15, 0.2) is 41.6 Å². The van der Waals surface area contributed by atoms with Gasteiger partial charge in [0.25, 0.3) is 0 Å². The van der Waals surface area contributed by atoms with Crippen molar-refractivity contribution in [2.45, 2.75) is 25.3 Å². The molecule has 7 heteroatoms. The molecular formula is C15H17ClN2O3S. The number of hydrogen-bond acceptors (Lipinski definition) is 4. The van der Waals surface area contributed by atoms with Crippen LogP contribution in [0.25, 0.3) is 0 Å². The van der Waals surface area contributed by atoms with Crippen LogP contribution in [0.5, 0.6) is 5.75 Å². The van der Waals surface area contributed by atoms with Crippen LogP contribution in [0, 0.1) is 6.92 Å². The molecule has 1 aromatic carbocycles. The third-order valence-corrected chi connectivity index (χ3v) is 4.87. The van der Waals surface area contributed by atoms with E-state index in [2.05, 4.69) is 9.71 Å². The van der Waals surface area contributed by atoms with Gasteiger partial charge >= 0.3 is 0 Å². The third-order valence-electron chi connectivity index (χ3n) is 3.03. The summed E-state index contributed by atoms with van der Waals surface area (Å²) in [6.45, 7) is 4.20. The zero-order valence-electron chi connectivity index (χ0n) is 12.3. The summed E-state index contributed by atoms with van der Waals surface area (Å²) in [5.74, 6) is 0.481. The average Bonchev–Trinajstić information content (AvgIpc) is 2.50. The van der Waals surface area contributed by atoms with Crippen molar-refractivity contribution in [2.24, 2.45) is 0 Å². The van der Waals surface area contributed by atoms with E-state index < -0.39 is 10.0 Å². The molecule has 0 aliphatic heterocycles. The lowest BCUT2D eigenvalue weighted by Gasteiger charge is -2.12. The van der Waals surface area contributed by atoms with Crippen molar-refractivity contribution in [1.82, 2.24) is 9.71 Å². The fraction of sp³-hybridized carbons (Fsp3) is 0.267. The minimum atomic E-state index is -3.65. The molecular weight excluding hydrogens is 324 g/mol. The Bertz CT molecular complexity index is 749. The Morgan fingerprint density at radius 3 is 2.59 bits per heavy atom. The molecule has 0 saturated heterocycles. The van der Waals surface area contributed by atoms with Crippen LogP contribution in [-0.4, -0.2) is 20.0 Å². The second kappa shape index (κ2) is 7.09. The molecule has 0 bridgehead atoms. The molecule has 0 radical (unpaired) electrons. The van der Waals surface area contributed by atoms with Gasteiger partial charge in [0.05, 0.1) is 16.5 Å². The van der Waals surface area contributed by atoms with Crippen LogP contribution >= 0.6 is 11.6 Å². The molecule has 0 spiro atoms. The molecule has 0 amide bonds. The Morgan fingerprint density at radius 2 is 1.95 bits per heavy atom.